The number of aromatic amines is 1. The van der Waals surface area contributed by atoms with Gasteiger partial charge in [0.15, 0.2) is 0 Å². The van der Waals surface area contributed by atoms with E-state index in [-0.39, 0.29) is 11.7 Å². The number of carbonyl (C=O) groups is 2. The van der Waals surface area contributed by atoms with Crippen molar-refractivity contribution in [2.24, 2.45) is 0 Å². The lowest BCUT2D eigenvalue weighted by Gasteiger charge is -2.06. The molecule has 0 bridgehead atoms. The molecule has 0 unspecified atom stereocenters. The van der Waals surface area contributed by atoms with Crippen LogP contribution in [-0.2, 0) is 0 Å². The Kier molecular flexibility index (Phi) is 3.12. The van der Waals surface area contributed by atoms with Crippen molar-refractivity contribution in [3.8, 4) is 0 Å². The van der Waals surface area contributed by atoms with E-state index >= 15 is 0 Å². The van der Waals surface area contributed by atoms with E-state index < -0.39 is 5.91 Å². The third-order valence-corrected chi connectivity index (χ3v) is 2.84. The topological polar surface area (TPSA) is 113 Å². The van der Waals surface area contributed by atoms with E-state index in [9.17, 15) is 9.59 Å². The standard InChI is InChI=1S/C12H12N6O2/c19-11(13-8-4-5-8)7-2-1-3-9(6-7)14-12(20)10-15-17-18-16-10/h1-3,6,8H,4-5H2,(H,13,19)(H,14,20)(H,15,16,17,18). The molecular formula is C12H12N6O2. The fourth-order valence-electron chi connectivity index (χ4n) is 1.68. The number of aromatic nitrogens is 4. The minimum atomic E-state index is -0.487. The van der Waals surface area contributed by atoms with Crippen LogP contribution in [0.1, 0.15) is 33.8 Å². The number of carbonyl (C=O) groups excluding carboxylic acids is 2. The molecule has 0 radical (unpaired) electrons. The van der Waals surface area contributed by atoms with Gasteiger partial charge in [-0.2, -0.15) is 5.21 Å². The molecule has 8 heteroatoms. The summed E-state index contributed by atoms with van der Waals surface area (Å²) in [5, 5.41) is 18.2. The highest BCUT2D eigenvalue weighted by atomic mass is 16.2. The van der Waals surface area contributed by atoms with Crippen molar-refractivity contribution in [1.29, 1.82) is 0 Å². The summed E-state index contributed by atoms with van der Waals surface area (Å²) in [6.07, 6.45) is 2.06. The van der Waals surface area contributed by atoms with Crippen LogP contribution in [0.2, 0.25) is 0 Å². The molecule has 1 saturated carbocycles. The molecule has 8 nitrogen and oxygen atoms in total. The highest BCUT2D eigenvalue weighted by Crippen LogP contribution is 2.20. The number of hydrogen-bond acceptors (Lipinski definition) is 5. The van der Waals surface area contributed by atoms with E-state index in [1.165, 1.54) is 0 Å². The Bertz CT molecular complexity index is 635. The number of tetrazole rings is 1. The molecule has 2 amide bonds. The van der Waals surface area contributed by atoms with Crippen molar-refractivity contribution in [2.45, 2.75) is 18.9 Å². The molecular weight excluding hydrogens is 260 g/mol. The van der Waals surface area contributed by atoms with Crippen LogP contribution >= 0.6 is 0 Å². The van der Waals surface area contributed by atoms with Gasteiger partial charge in [0.25, 0.3) is 17.6 Å². The third kappa shape index (κ3) is 2.79. The zero-order chi connectivity index (χ0) is 13.9. The Balaban J connectivity index is 1.70. The lowest BCUT2D eigenvalue weighted by atomic mass is 10.2. The number of nitrogens with zero attached hydrogens (tertiary/aromatic N) is 3. The summed E-state index contributed by atoms with van der Waals surface area (Å²) in [6, 6.07) is 6.98. The smallest absolute Gasteiger partial charge is 0.297 e. The molecule has 1 aliphatic rings. The Labute approximate surface area is 114 Å². The Morgan fingerprint density at radius 3 is 2.80 bits per heavy atom. The predicted molar refractivity (Wildman–Crippen MR) is 69.1 cm³/mol. The van der Waals surface area contributed by atoms with Crippen molar-refractivity contribution in [2.75, 3.05) is 5.32 Å². The average Bonchev–Trinajstić information content (AvgIpc) is 3.08. The van der Waals surface area contributed by atoms with E-state index in [0.717, 1.165) is 12.8 Å². The van der Waals surface area contributed by atoms with Crippen LogP contribution in [0.25, 0.3) is 0 Å². The first-order chi connectivity index (χ1) is 9.72. The van der Waals surface area contributed by atoms with Gasteiger partial charge in [-0.15, -0.1) is 10.2 Å². The number of nitrogens with one attached hydrogen (secondary N) is 3. The van der Waals surface area contributed by atoms with E-state index in [2.05, 4.69) is 31.3 Å². The van der Waals surface area contributed by atoms with E-state index in [1.54, 1.807) is 24.3 Å². The molecule has 1 aromatic carbocycles. The van der Waals surface area contributed by atoms with E-state index in [1.807, 2.05) is 0 Å². The molecule has 3 rings (SSSR count). The SMILES string of the molecule is O=C(NC1CC1)c1cccc(NC(=O)c2nn[nH]n2)c1. The molecule has 2 aromatic rings. The Morgan fingerprint density at radius 2 is 2.10 bits per heavy atom. The zero-order valence-corrected chi connectivity index (χ0v) is 10.5. The normalized spacial score (nSPS) is 13.8. The molecule has 102 valence electrons. The minimum absolute atomic E-state index is 0.0576. The quantitative estimate of drug-likeness (QED) is 0.743. The largest absolute Gasteiger partial charge is 0.349 e. The summed E-state index contributed by atoms with van der Waals surface area (Å²) in [7, 11) is 0. The van der Waals surface area contributed by atoms with Crippen LogP contribution in [0.4, 0.5) is 5.69 Å². The van der Waals surface area contributed by atoms with Crippen molar-refractivity contribution in [3.63, 3.8) is 0 Å². The second kappa shape index (κ2) is 5.08. The molecule has 0 aliphatic heterocycles. The summed E-state index contributed by atoms with van der Waals surface area (Å²) < 4.78 is 0. The lowest BCUT2D eigenvalue weighted by Crippen LogP contribution is -2.25. The van der Waals surface area contributed by atoms with Crippen molar-refractivity contribution < 1.29 is 9.59 Å². The first kappa shape index (κ1) is 12.3. The summed E-state index contributed by atoms with van der Waals surface area (Å²) in [5.41, 5.74) is 1.01. The molecule has 3 N–H and O–H groups in total. The molecule has 0 saturated heterocycles. The molecule has 20 heavy (non-hydrogen) atoms. The number of benzene rings is 1. The number of H-pyrrole nitrogens is 1. The summed E-state index contributed by atoms with van der Waals surface area (Å²) in [5.74, 6) is -0.681. The van der Waals surface area contributed by atoms with Gasteiger partial charge in [-0.1, -0.05) is 6.07 Å². The minimum Gasteiger partial charge on any atom is -0.349 e. The highest BCUT2D eigenvalue weighted by molar-refractivity contribution is 6.02. The van der Waals surface area contributed by atoms with Crippen LogP contribution in [0.15, 0.2) is 24.3 Å². The first-order valence-corrected chi connectivity index (χ1v) is 6.18. The zero-order valence-electron chi connectivity index (χ0n) is 10.5. The van der Waals surface area contributed by atoms with Gasteiger partial charge in [-0.3, -0.25) is 9.59 Å². The van der Waals surface area contributed by atoms with Gasteiger partial charge in [0.05, 0.1) is 0 Å². The molecule has 0 spiro atoms. The Morgan fingerprint density at radius 1 is 1.25 bits per heavy atom. The van der Waals surface area contributed by atoms with Gasteiger partial charge < -0.3 is 10.6 Å². The monoisotopic (exact) mass is 272 g/mol. The molecule has 1 aromatic heterocycles. The van der Waals surface area contributed by atoms with Crippen LogP contribution in [-0.4, -0.2) is 38.5 Å². The fourth-order valence-corrected chi connectivity index (χ4v) is 1.68. The summed E-state index contributed by atoms with van der Waals surface area (Å²) >= 11 is 0. The molecule has 1 fully saturated rings. The molecule has 0 atom stereocenters. The lowest BCUT2D eigenvalue weighted by molar-refractivity contribution is 0.0949. The van der Waals surface area contributed by atoms with Gasteiger partial charge in [-0.05, 0) is 36.3 Å². The first-order valence-electron chi connectivity index (χ1n) is 6.18. The maximum Gasteiger partial charge on any atom is 0.297 e. The summed E-state index contributed by atoms with van der Waals surface area (Å²) in [4.78, 5) is 23.6. The fraction of sp³-hybridized carbons (Fsp3) is 0.250. The highest BCUT2D eigenvalue weighted by Gasteiger charge is 2.23. The number of anilines is 1. The number of hydrogen-bond donors (Lipinski definition) is 3. The van der Waals surface area contributed by atoms with E-state index in [0.29, 0.717) is 17.3 Å². The van der Waals surface area contributed by atoms with Gasteiger partial charge in [-0.25, -0.2) is 0 Å². The summed E-state index contributed by atoms with van der Waals surface area (Å²) in [6.45, 7) is 0. The average molecular weight is 272 g/mol. The van der Waals surface area contributed by atoms with Gasteiger partial charge >= 0.3 is 0 Å². The Hall–Kier alpha value is -2.77. The van der Waals surface area contributed by atoms with Crippen LogP contribution in [0.3, 0.4) is 0 Å². The van der Waals surface area contributed by atoms with Gasteiger partial charge in [0, 0.05) is 17.3 Å². The van der Waals surface area contributed by atoms with Crippen molar-refractivity contribution in [3.05, 3.63) is 35.7 Å². The maximum atomic E-state index is 11.9. The van der Waals surface area contributed by atoms with Gasteiger partial charge in [0.1, 0.15) is 0 Å². The predicted octanol–water partition coefficient (Wildman–Crippen LogP) is 0.344. The van der Waals surface area contributed by atoms with Crippen molar-refractivity contribution in [1.82, 2.24) is 25.9 Å². The molecule has 1 heterocycles. The van der Waals surface area contributed by atoms with Gasteiger partial charge in [0.2, 0.25) is 0 Å². The van der Waals surface area contributed by atoms with Crippen molar-refractivity contribution >= 4 is 17.5 Å². The van der Waals surface area contributed by atoms with Crippen LogP contribution < -0.4 is 10.6 Å². The van der Waals surface area contributed by atoms with Crippen LogP contribution in [0, 0.1) is 0 Å². The van der Waals surface area contributed by atoms with Crippen LogP contribution in [0.5, 0.6) is 0 Å². The third-order valence-electron chi connectivity index (χ3n) is 2.84. The number of amides is 2. The second-order valence-corrected chi connectivity index (χ2v) is 4.52. The molecule has 1 aliphatic carbocycles. The van der Waals surface area contributed by atoms with E-state index in [4.69, 9.17) is 0 Å². The maximum absolute atomic E-state index is 11.9. The second-order valence-electron chi connectivity index (χ2n) is 4.52. The number of rotatable bonds is 4.